The van der Waals surface area contributed by atoms with Gasteiger partial charge in [0.1, 0.15) is 6.04 Å². The van der Waals surface area contributed by atoms with Gasteiger partial charge < -0.3 is 9.64 Å². The fraction of sp³-hybridized carbons (Fsp3) is 0.400. The largest absolute Gasteiger partial charge is 0.465 e. The second-order valence-electron chi connectivity index (χ2n) is 8.28. The van der Waals surface area contributed by atoms with Gasteiger partial charge in [-0.25, -0.2) is 4.99 Å². The number of aliphatic imine (C=N–C) groups is 1. The van der Waals surface area contributed by atoms with Gasteiger partial charge in [0.05, 0.1) is 6.61 Å². The third-order valence-electron chi connectivity index (χ3n) is 5.94. The van der Waals surface area contributed by atoms with Crippen LogP contribution < -0.4 is 5.32 Å². The molecule has 1 saturated heterocycles. The lowest BCUT2D eigenvalue weighted by atomic mass is 9.90. The number of amides is 1. The third kappa shape index (κ3) is 4.99. The van der Waals surface area contributed by atoms with Crippen molar-refractivity contribution in [1.82, 2.24) is 15.1 Å². The Kier molecular flexibility index (Phi) is 6.85. The van der Waals surface area contributed by atoms with Crippen LogP contribution in [-0.4, -0.2) is 60.4 Å². The van der Waals surface area contributed by atoms with Crippen molar-refractivity contribution < 1.29 is 14.3 Å². The minimum Gasteiger partial charge on any atom is -0.465 e. The van der Waals surface area contributed by atoms with Gasteiger partial charge in [0.25, 0.3) is 0 Å². The van der Waals surface area contributed by atoms with Crippen molar-refractivity contribution in [3.63, 3.8) is 0 Å². The van der Waals surface area contributed by atoms with Crippen LogP contribution in [0.5, 0.6) is 0 Å². The van der Waals surface area contributed by atoms with Crippen LogP contribution in [0.1, 0.15) is 29.7 Å². The van der Waals surface area contributed by atoms with E-state index in [2.05, 4.69) is 39.4 Å². The number of benzene rings is 2. The lowest BCUT2D eigenvalue weighted by Crippen LogP contribution is -2.57. The summed E-state index contributed by atoms with van der Waals surface area (Å²) in [4.78, 5) is 35.0. The van der Waals surface area contributed by atoms with E-state index < -0.39 is 17.9 Å². The molecule has 2 aliphatic rings. The molecule has 0 spiro atoms. The highest BCUT2D eigenvalue weighted by Gasteiger charge is 2.42. The molecule has 2 aliphatic heterocycles. The zero-order valence-corrected chi connectivity index (χ0v) is 18.7. The van der Waals surface area contributed by atoms with Gasteiger partial charge in [-0.2, -0.15) is 0 Å². The first kappa shape index (κ1) is 22.0. The van der Waals surface area contributed by atoms with Crippen LogP contribution in [0, 0.1) is 12.8 Å². The van der Waals surface area contributed by atoms with E-state index in [0.29, 0.717) is 5.96 Å². The number of carbonyl (C=O) groups is 2. The number of guanidine groups is 1. The van der Waals surface area contributed by atoms with Gasteiger partial charge >= 0.3 is 5.97 Å². The Labute approximate surface area is 189 Å². The lowest BCUT2D eigenvalue weighted by molar-refractivity contribution is -0.153. The van der Waals surface area contributed by atoms with Crippen molar-refractivity contribution >= 4 is 17.8 Å². The second-order valence-corrected chi connectivity index (χ2v) is 8.28. The van der Waals surface area contributed by atoms with Crippen molar-refractivity contribution in [2.75, 3.05) is 32.8 Å². The van der Waals surface area contributed by atoms with E-state index in [1.165, 1.54) is 5.56 Å². The van der Waals surface area contributed by atoms with Crippen LogP contribution in [0.15, 0.2) is 59.6 Å². The van der Waals surface area contributed by atoms with Crippen LogP contribution >= 0.6 is 0 Å². The van der Waals surface area contributed by atoms with Gasteiger partial charge in [0, 0.05) is 32.7 Å². The molecule has 7 nitrogen and oxygen atoms in total. The van der Waals surface area contributed by atoms with Crippen LogP contribution in [0.3, 0.4) is 0 Å². The molecule has 0 bridgehead atoms. The number of esters is 1. The van der Waals surface area contributed by atoms with Crippen molar-refractivity contribution in [1.29, 1.82) is 0 Å². The van der Waals surface area contributed by atoms with Crippen molar-refractivity contribution in [3.05, 3.63) is 71.3 Å². The Morgan fingerprint density at radius 3 is 2.53 bits per heavy atom. The van der Waals surface area contributed by atoms with E-state index in [1.807, 2.05) is 37.3 Å². The highest BCUT2D eigenvalue weighted by molar-refractivity contribution is 6.08. The minimum atomic E-state index is -0.986. The van der Waals surface area contributed by atoms with Gasteiger partial charge in [0.15, 0.2) is 5.92 Å². The smallest absolute Gasteiger partial charge is 0.321 e. The fourth-order valence-electron chi connectivity index (χ4n) is 4.28. The summed E-state index contributed by atoms with van der Waals surface area (Å²) < 4.78 is 5.20. The minimum absolute atomic E-state index is 0.225. The van der Waals surface area contributed by atoms with E-state index >= 15 is 0 Å². The molecular weight excluding hydrogens is 404 g/mol. The zero-order chi connectivity index (χ0) is 22.5. The summed E-state index contributed by atoms with van der Waals surface area (Å²) in [5.41, 5.74) is 3.20. The first-order chi connectivity index (χ1) is 15.5. The molecule has 4 rings (SSSR count). The molecule has 0 aromatic heterocycles. The molecule has 0 unspecified atom stereocenters. The standard InChI is InChI=1S/C25H30N4O3/c1-3-32-24(31)21-22(20-11-7-8-18(2)16-20)26-25(27-23(21)30)29-14-12-28(13-15-29)17-19-9-5-4-6-10-19/h4-11,16,21-22H,3,12-15,17H2,1-2H3,(H,26,27,30)/t21-,22+/m0/s1. The molecule has 1 N–H and O–H groups in total. The number of nitrogens with zero attached hydrogens (tertiary/aromatic N) is 3. The van der Waals surface area contributed by atoms with E-state index in [4.69, 9.17) is 9.73 Å². The SMILES string of the molecule is CCOC(=O)[C@@H]1C(=O)NC(N2CCN(Cc3ccccc3)CC2)=N[C@@H]1c1cccc(C)c1. The summed E-state index contributed by atoms with van der Waals surface area (Å²) in [6, 6.07) is 17.6. The van der Waals surface area contributed by atoms with Gasteiger partial charge in [0.2, 0.25) is 11.9 Å². The lowest BCUT2D eigenvalue weighted by Gasteiger charge is -2.39. The number of hydrogen-bond donors (Lipinski definition) is 1. The molecule has 7 heteroatoms. The second kappa shape index (κ2) is 9.96. The van der Waals surface area contributed by atoms with E-state index in [1.54, 1.807) is 6.92 Å². The van der Waals surface area contributed by atoms with Crippen LogP contribution in [-0.2, 0) is 20.9 Å². The predicted molar refractivity (Wildman–Crippen MR) is 123 cm³/mol. The quantitative estimate of drug-likeness (QED) is 0.578. The van der Waals surface area contributed by atoms with E-state index in [9.17, 15) is 9.59 Å². The Morgan fingerprint density at radius 2 is 1.84 bits per heavy atom. The van der Waals surface area contributed by atoms with Crippen molar-refractivity contribution in [2.24, 2.45) is 10.9 Å². The Bertz CT molecular complexity index is 984. The van der Waals surface area contributed by atoms with Crippen molar-refractivity contribution in [2.45, 2.75) is 26.4 Å². The van der Waals surface area contributed by atoms with Gasteiger partial charge in [-0.3, -0.25) is 19.8 Å². The van der Waals surface area contributed by atoms with E-state index in [0.717, 1.165) is 43.9 Å². The average Bonchev–Trinajstić information content (AvgIpc) is 2.80. The van der Waals surface area contributed by atoms with Gasteiger partial charge in [-0.15, -0.1) is 0 Å². The maximum Gasteiger partial charge on any atom is 0.321 e. The van der Waals surface area contributed by atoms with Crippen LogP contribution in [0.25, 0.3) is 0 Å². The summed E-state index contributed by atoms with van der Waals surface area (Å²) >= 11 is 0. The van der Waals surface area contributed by atoms with Gasteiger partial charge in [-0.05, 0) is 25.0 Å². The summed E-state index contributed by atoms with van der Waals surface area (Å²) in [5, 5.41) is 2.87. The highest BCUT2D eigenvalue weighted by Crippen LogP contribution is 2.31. The van der Waals surface area contributed by atoms with Crippen LogP contribution in [0.2, 0.25) is 0 Å². The molecule has 32 heavy (non-hydrogen) atoms. The Hall–Kier alpha value is -3.19. The zero-order valence-electron chi connectivity index (χ0n) is 18.7. The maximum absolute atomic E-state index is 13.0. The fourth-order valence-corrected chi connectivity index (χ4v) is 4.28. The number of ether oxygens (including phenoxy) is 1. The number of piperazine rings is 1. The summed E-state index contributed by atoms with van der Waals surface area (Å²) in [7, 11) is 0. The van der Waals surface area contributed by atoms with Crippen molar-refractivity contribution in [3.8, 4) is 0 Å². The molecule has 1 fully saturated rings. The molecule has 1 amide bonds. The van der Waals surface area contributed by atoms with E-state index in [-0.39, 0.29) is 12.5 Å². The summed E-state index contributed by atoms with van der Waals surface area (Å²) in [6.45, 7) is 8.13. The summed E-state index contributed by atoms with van der Waals surface area (Å²) in [6.07, 6.45) is 0. The monoisotopic (exact) mass is 434 g/mol. The number of hydrogen-bond acceptors (Lipinski definition) is 6. The van der Waals surface area contributed by atoms with Gasteiger partial charge in [-0.1, -0.05) is 60.2 Å². The first-order valence-corrected chi connectivity index (χ1v) is 11.2. The summed E-state index contributed by atoms with van der Waals surface area (Å²) in [5.74, 6) is -1.33. The Morgan fingerprint density at radius 1 is 1.09 bits per heavy atom. The number of aryl methyl sites for hydroxylation is 1. The van der Waals surface area contributed by atoms with Crippen LogP contribution in [0.4, 0.5) is 0 Å². The Balaban J connectivity index is 1.51. The molecule has 0 aliphatic carbocycles. The third-order valence-corrected chi connectivity index (χ3v) is 5.94. The molecule has 2 aromatic carbocycles. The normalized spacial score (nSPS) is 21.6. The maximum atomic E-state index is 13.0. The molecule has 168 valence electrons. The topological polar surface area (TPSA) is 74.2 Å². The number of nitrogens with one attached hydrogen (secondary N) is 1. The number of carbonyl (C=O) groups excluding carboxylic acids is 2. The predicted octanol–water partition coefficient (Wildman–Crippen LogP) is 2.52. The first-order valence-electron chi connectivity index (χ1n) is 11.2. The molecule has 2 aromatic rings. The molecule has 0 radical (unpaired) electrons. The molecule has 2 heterocycles. The molecule has 2 atom stereocenters. The molecular formula is C25H30N4O3. The average molecular weight is 435 g/mol. The number of rotatable bonds is 5. The molecule has 0 saturated carbocycles. The highest BCUT2D eigenvalue weighted by atomic mass is 16.5.